The van der Waals surface area contributed by atoms with Crippen LogP contribution in [0, 0.1) is 11.3 Å². The third-order valence-electron chi connectivity index (χ3n) is 3.06. The van der Waals surface area contributed by atoms with E-state index in [1.54, 1.807) is 0 Å². The molecule has 1 aromatic rings. The van der Waals surface area contributed by atoms with Crippen molar-refractivity contribution in [1.82, 2.24) is 10.2 Å². The molecule has 1 aromatic heterocycles. The van der Waals surface area contributed by atoms with E-state index in [1.807, 2.05) is 6.92 Å². The number of nitrogens with zero attached hydrogens (tertiary/aromatic N) is 3. The van der Waals surface area contributed by atoms with Crippen molar-refractivity contribution in [3.05, 3.63) is 16.8 Å². The summed E-state index contributed by atoms with van der Waals surface area (Å²) in [5.74, 6) is 0.632. The van der Waals surface area contributed by atoms with E-state index in [0.29, 0.717) is 17.4 Å². The summed E-state index contributed by atoms with van der Waals surface area (Å²) >= 11 is 0. The van der Waals surface area contributed by atoms with Gasteiger partial charge in [-0.3, -0.25) is 0 Å². The fraction of sp³-hybridized carbons (Fsp3) is 0.643. The molecule has 0 saturated carbocycles. The summed E-state index contributed by atoms with van der Waals surface area (Å²) in [5.41, 5.74) is 2.62. The lowest BCUT2D eigenvalue weighted by molar-refractivity contribution is 0.683. The van der Waals surface area contributed by atoms with Gasteiger partial charge in [0, 0.05) is 6.04 Å². The van der Waals surface area contributed by atoms with Gasteiger partial charge in [-0.1, -0.05) is 27.2 Å². The quantitative estimate of drug-likeness (QED) is 0.838. The summed E-state index contributed by atoms with van der Waals surface area (Å²) in [5, 5.41) is 21.0. The molecule has 1 unspecified atom stereocenters. The second-order valence-electron chi connectivity index (χ2n) is 4.50. The van der Waals surface area contributed by atoms with Crippen molar-refractivity contribution in [2.24, 2.45) is 0 Å². The van der Waals surface area contributed by atoms with E-state index >= 15 is 0 Å². The molecule has 1 heterocycles. The zero-order valence-electron chi connectivity index (χ0n) is 11.7. The zero-order valence-corrected chi connectivity index (χ0v) is 11.7. The van der Waals surface area contributed by atoms with E-state index in [2.05, 4.69) is 42.4 Å². The molecule has 1 N–H and O–H groups in total. The van der Waals surface area contributed by atoms with Crippen LogP contribution in [0.3, 0.4) is 0 Å². The molecule has 18 heavy (non-hydrogen) atoms. The molecular weight excluding hydrogens is 224 g/mol. The third kappa shape index (κ3) is 3.19. The number of aryl methyl sites for hydroxylation is 1. The molecule has 0 bridgehead atoms. The van der Waals surface area contributed by atoms with Gasteiger partial charge in [-0.25, -0.2) is 0 Å². The molecule has 1 rings (SSSR count). The van der Waals surface area contributed by atoms with E-state index < -0.39 is 0 Å². The van der Waals surface area contributed by atoms with Crippen LogP contribution < -0.4 is 5.32 Å². The summed E-state index contributed by atoms with van der Waals surface area (Å²) < 4.78 is 0. The van der Waals surface area contributed by atoms with Crippen LogP contribution in [0.2, 0.25) is 0 Å². The number of anilines is 1. The first kappa shape index (κ1) is 14.4. The first-order valence-electron chi connectivity index (χ1n) is 6.72. The highest BCUT2D eigenvalue weighted by Crippen LogP contribution is 2.20. The Hall–Kier alpha value is -1.63. The maximum absolute atomic E-state index is 9.34. The molecule has 0 aliphatic carbocycles. The van der Waals surface area contributed by atoms with Crippen molar-refractivity contribution in [3.8, 4) is 6.07 Å². The Morgan fingerprint density at radius 2 is 1.94 bits per heavy atom. The second kappa shape index (κ2) is 6.95. The SMILES string of the molecule is CCCC(C)Nc1nnc(CC)c(CC)c1C#N. The minimum absolute atomic E-state index is 0.314. The van der Waals surface area contributed by atoms with Crippen LogP contribution in [-0.4, -0.2) is 16.2 Å². The predicted octanol–water partition coefficient (Wildman–Crippen LogP) is 3.07. The normalized spacial score (nSPS) is 11.9. The van der Waals surface area contributed by atoms with Crippen molar-refractivity contribution in [1.29, 1.82) is 5.26 Å². The van der Waals surface area contributed by atoms with E-state index in [-0.39, 0.29) is 0 Å². The van der Waals surface area contributed by atoms with Gasteiger partial charge in [0.1, 0.15) is 11.6 Å². The lowest BCUT2D eigenvalue weighted by Gasteiger charge is -2.16. The molecule has 0 saturated heterocycles. The molecule has 0 aliphatic rings. The van der Waals surface area contributed by atoms with Gasteiger partial charge in [-0.2, -0.15) is 10.4 Å². The molecule has 4 heteroatoms. The van der Waals surface area contributed by atoms with Gasteiger partial charge >= 0.3 is 0 Å². The lowest BCUT2D eigenvalue weighted by atomic mass is 10.0. The van der Waals surface area contributed by atoms with Gasteiger partial charge in [0.2, 0.25) is 0 Å². The zero-order chi connectivity index (χ0) is 13.5. The highest BCUT2D eigenvalue weighted by atomic mass is 15.2. The molecule has 4 nitrogen and oxygen atoms in total. The Balaban J connectivity index is 3.10. The molecule has 0 radical (unpaired) electrons. The summed E-state index contributed by atoms with van der Waals surface area (Å²) in [6.45, 7) is 8.34. The summed E-state index contributed by atoms with van der Waals surface area (Å²) in [4.78, 5) is 0. The van der Waals surface area contributed by atoms with Crippen molar-refractivity contribution in [3.63, 3.8) is 0 Å². The third-order valence-corrected chi connectivity index (χ3v) is 3.06. The van der Waals surface area contributed by atoms with Gasteiger partial charge in [0.25, 0.3) is 0 Å². The van der Waals surface area contributed by atoms with E-state index in [4.69, 9.17) is 0 Å². The predicted molar refractivity (Wildman–Crippen MR) is 73.5 cm³/mol. The Morgan fingerprint density at radius 3 is 2.44 bits per heavy atom. The van der Waals surface area contributed by atoms with Crippen molar-refractivity contribution >= 4 is 5.82 Å². The molecule has 0 amide bonds. The number of hydrogen-bond donors (Lipinski definition) is 1. The first-order valence-corrected chi connectivity index (χ1v) is 6.72. The fourth-order valence-corrected chi connectivity index (χ4v) is 2.13. The topological polar surface area (TPSA) is 61.6 Å². The highest BCUT2D eigenvalue weighted by molar-refractivity contribution is 5.56. The van der Waals surface area contributed by atoms with E-state index in [1.165, 1.54) is 0 Å². The maximum atomic E-state index is 9.34. The van der Waals surface area contributed by atoms with Gasteiger partial charge in [0.05, 0.1) is 5.69 Å². The Morgan fingerprint density at radius 1 is 1.22 bits per heavy atom. The maximum Gasteiger partial charge on any atom is 0.167 e. The Bertz CT molecular complexity index is 434. The van der Waals surface area contributed by atoms with Gasteiger partial charge in [-0.05, 0) is 31.7 Å². The van der Waals surface area contributed by atoms with Crippen LogP contribution >= 0.6 is 0 Å². The molecule has 0 aliphatic heterocycles. The smallest absolute Gasteiger partial charge is 0.167 e. The summed E-state index contributed by atoms with van der Waals surface area (Å²) in [6, 6.07) is 2.59. The average Bonchev–Trinajstić information content (AvgIpc) is 2.38. The van der Waals surface area contributed by atoms with E-state index in [0.717, 1.165) is 36.9 Å². The molecule has 98 valence electrons. The Kier molecular flexibility index (Phi) is 5.57. The van der Waals surface area contributed by atoms with Crippen LogP contribution in [0.4, 0.5) is 5.82 Å². The van der Waals surface area contributed by atoms with Crippen molar-refractivity contribution in [2.45, 2.75) is 59.4 Å². The number of aromatic nitrogens is 2. The molecule has 0 spiro atoms. The van der Waals surface area contributed by atoms with Gasteiger partial charge in [0.15, 0.2) is 5.82 Å². The minimum atomic E-state index is 0.314. The average molecular weight is 246 g/mol. The van der Waals surface area contributed by atoms with Crippen molar-refractivity contribution in [2.75, 3.05) is 5.32 Å². The van der Waals surface area contributed by atoms with Crippen LogP contribution in [0.25, 0.3) is 0 Å². The monoisotopic (exact) mass is 246 g/mol. The summed E-state index contributed by atoms with van der Waals surface area (Å²) in [7, 11) is 0. The number of hydrogen-bond acceptors (Lipinski definition) is 4. The van der Waals surface area contributed by atoms with Crippen LogP contribution in [0.5, 0.6) is 0 Å². The molecule has 0 fully saturated rings. The van der Waals surface area contributed by atoms with Gasteiger partial charge in [-0.15, -0.1) is 5.10 Å². The number of rotatable bonds is 6. The number of nitriles is 1. The molecular formula is C14H22N4. The second-order valence-corrected chi connectivity index (χ2v) is 4.50. The number of nitrogens with one attached hydrogen (secondary N) is 1. The first-order chi connectivity index (χ1) is 8.67. The van der Waals surface area contributed by atoms with Crippen molar-refractivity contribution < 1.29 is 0 Å². The Labute approximate surface area is 109 Å². The fourth-order valence-electron chi connectivity index (χ4n) is 2.13. The highest BCUT2D eigenvalue weighted by Gasteiger charge is 2.15. The van der Waals surface area contributed by atoms with Crippen LogP contribution in [-0.2, 0) is 12.8 Å². The molecule has 0 aromatic carbocycles. The van der Waals surface area contributed by atoms with E-state index in [9.17, 15) is 5.26 Å². The van der Waals surface area contributed by atoms with Crippen LogP contribution in [0.15, 0.2) is 0 Å². The minimum Gasteiger partial charge on any atom is -0.365 e. The van der Waals surface area contributed by atoms with Gasteiger partial charge < -0.3 is 5.32 Å². The molecule has 1 atom stereocenters. The summed E-state index contributed by atoms with van der Waals surface area (Å²) in [6.07, 6.45) is 3.80. The largest absolute Gasteiger partial charge is 0.365 e. The standard InChI is InChI=1S/C14H22N4/c1-5-8-10(4)16-14-12(9-15)11(6-2)13(7-3)17-18-14/h10H,5-8H2,1-4H3,(H,16,18). The lowest BCUT2D eigenvalue weighted by Crippen LogP contribution is -2.18. The van der Waals surface area contributed by atoms with Crippen LogP contribution in [0.1, 0.15) is 57.4 Å².